The summed E-state index contributed by atoms with van der Waals surface area (Å²) in [5.74, 6) is 0. The summed E-state index contributed by atoms with van der Waals surface area (Å²) in [7, 11) is 0. The summed E-state index contributed by atoms with van der Waals surface area (Å²) >= 11 is 0. The van der Waals surface area contributed by atoms with Crippen molar-refractivity contribution in [3.63, 3.8) is 0 Å². The Kier molecular flexibility index (Phi) is 7.42. The van der Waals surface area contributed by atoms with Gasteiger partial charge >= 0.3 is 24.1 Å². The first-order chi connectivity index (χ1) is 8.91. The lowest BCUT2D eigenvalue weighted by molar-refractivity contribution is 0.243. The van der Waals surface area contributed by atoms with E-state index in [4.69, 9.17) is 11.5 Å². The van der Waals surface area contributed by atoms with E-state index in [1.165, 1.54) is 0 Å². The Morgan fingerprint density at radius 2 is 1.21 bits per heavy atom. The van der Waals surface area contributed by atoms with Gasteiger partial charge in [-0.25, -0.2) is 19.2 Å². The number of carbonyl (C=O) groups excluding carboxylic acids is 4. The van der Waals surface area contributed by atoms with Gasteiger partial charge in [-0.05, 0) is 0 Å². The molecule has 0 spiro atoms. The molecule has 8 amide bonds. The maximum Gasteiger partial charge on any atom is 0.343 e. The van der Waals surface area contributed by atoms with Crippen LogP contribution in [0.4, 0.5) is 19.2 Å². The summed E-state index contributed by atoms with van der Waals surface area (Å²) in [6.45, 7) is -0.264. The van der Waals surface area contributed by atoms with E-state index in [9.17, 15) is 19.2 Å². The van der Waals surface area contributed by atoms with Gasteiger partial charge in [0.25, 0.3) is 0 Å². The molecule has 0 aliphatic carbocycles. The number of hydrogen-bond donors (Lipinski definition) is 6. The van der Waals surface area contributed by atoms with Crippen molar-refractivity contribution in [1.82, 2.24) is 21.3 Å². The third-order valence-electron chi connectivity index (χ3n) is 1.26. The quantitative estimate of drug-likeness (QED) is 0.191. The average Bonchev–Trinajstić information content (AvgIpc) is 2.27. The van der Waals surface area contributed by atoms with Crippen LogP contribution in [0.25, 0.3) is 0 Å². The van der Waals surface area contributed by atoms with Crippen molar-refractivity contribution in [1.29, 1.82) is 0 Å². The molecule has 0 heterocycles. The van der Waals surface area contributed by atoms with E-state index in [0.717, 1.165) is 12.7 Å². The first kappa shape index (κ1) is 15.8. The normalized spacial score (nSPS) is 10.1. The number of nitrogens with two attached hydrogens (primary N) is 2. The highest BCUT2D eigenvalue weighted by atomic mass is 16.2. The van der Waals surface area contributed by atoms with E-state index in [2.05, 4.69) is 20.6 Å². The molecule has 0 bridgehead atoms. The van der Waals surface area contributed by atoms with E-state index in [-0.39, 0.29) is 6.67 Å². The zero-order valence-corrected chi connectivity index (χ0v) is 9.54. The minimum absolute atomic E-state index is 0.264. The summed E-state index contributed by atoms with van der Waals surface area (Å²) in [6.07, 6.45) is 1.57. The van der Waals surface area contributed by atoms with Crippen molar-refractivity contribution < 1.29 is 19.2 Å². The number of urea groups is 4. The van der Waals surface area contributed by atoms with Crippen LogP contribution in [0.5, 0.6) is 0 Å². The van der Waals surface area contributed by atoms with Crippen LogP contribution in [-0.2, 0) is 0 Å². The zero-order valence-electron chi connectivity index (χ0n) is 9.54. The number of hydrogen-bond acceptors (Lipinski definition) is 4. The molecule has 0 saturated carbocycles. The largest absolute Gasteiger partial charge is 0.351 e. The minimum Gasteiger partial charge on any atom is -0.351 e. The van der Waals surface area contributed by atoms with Crippen LogP contribution in [0.3, 0.4) is 0 Å². The van der Waals surface area contributed by atoms with Gasteiger partial charge in [-0.1, -0.05) is 0 Å². The van der Waals surface area contributed by atoms with Crippen molar-refractivity contribution >= 4 is 36.8 Å². The van der Waals surface area contributed by atoms with E-state index < -0.39 is 24.1 Å². The standard InChI is InChI=1S/C7H12N8O4/c8-4(16)10-1-12-6(18)14-3-15-7(19)13-2-11-5(9)17/h1-2H,3H2,(H4,8,10,12,14,16,18)(H4,9,11,13,15,17,19). The molecule has 0 rings (SSSR count). The molecule has 8 N–H and O–H groups in total. The molecular formula is C7H12N8O4. The van der Waals surface area contributed by atoms with Crippen LogP contribution in [-0.4, -0.2) is 43.5 Å². The van der Waals surface area contributed by atoms with E-state index in [1.54, 1.807) is 0 Å². The molecule has 12 nitrogen and oxygen atoms in total. The summed E-state index contributed by atoms with van der Waals surface area (Å²) in [5, 5.41) is 8.15. The lowest BCUT2D eigenvalue weighted by Gasteiger charge is -2.01. The highest BCUT2D eigenvalue weighted by Crippen LogP contribution is 1.72. The van der Waals surface area contributed by atoms with Gasteiger partial charge in [-0.3, -0.25) is 10.6 Å². The van der Waals surface area contributed by atoms with E-state index in [0.29, 0.717) is 0 Å². The molecule has 0 saturated heterocycles. The lowest BCUT2D eigenvalue weighted by Crippen LogP contribution is -2.36. The number of carbonyl (C=O) groups is 4. The van der Waals surface area contributed by atoms with Gasteiger partial charge in [0.15, 0.2) is 0 Å². The molecule has 0 fully saturated rings. The molecule has 0 aliphatic rings. The lowest BCUT2D eigenvalue weighted by atomic mass is 10.8. The van der Waals surface area contributed by atoms with Crippen LogP contribution in [0.15, 0.2) is 9.98 Å². The molecule has 19 heavy (non-hydrogen) atoms. The molecular weight excluding hydrogens is 260 g/mol. The second-order valence-corrected chi connectivity index (χ2v) is 2.67. The first-order valence-electron chi connectivity index (χ1n) is 4.64. The van der Waals surface area contributed by atoms with Gasteiger partial charge in [-0.15, -0.1) is 0 Å². The first-order valence-corrected chi connectivity index (χ1v) is 4.64. The second kappa shape index (κ2) is 8.91. The van der Waals surface area contributed by atoms with Gasteiger partial charge in [0, 0.05) is 0 Å². The second-order valence-electron chi connectivity index (χ2n) is 2.67. The van der Waals surface area contributed by atoms with Gasteiger partial charge in [0.2, 0.25) is 0 Å². The zero-order chi connectivity index (χ0) is 14.7. The Labute approximate surface area is 106 Å². The fourth-order valence-electron chi connectivity index (χ4n) is 0.596. The number of nitrogens with one attached hydrogen (secondary N) is 4. The average molecular weight is 272 g/mol. The molecule has 0 atom stereocenters. The van der Waals surface area contributed by atoms with Crippen molar-refractivity contribution in [2.45, 2.75) is 0 Å². The monoisotopic (exact) mass is 272 g/mol. The number of aliphatic imine (C=N–C) groups is 2. The van der Waals surface area contributed by atoms with Crippen LogP contribution >= 0.6 is 0 Å². The third-order valence-corrected chi connectivity index (χ3v) is 1.26. The maximum absolute atomic E-state index is 10.9. The number of nitrogens with zero attached hydrogens (tertiary/aromatic N) is 2. The fraction of sp³-hybridized carbons (Fsp3) is 0.143. The van der Waals surface area contributed by atoms with Gasteiger partial charge in [0.1, 0.15) is 12.7 Å². The van der Waals surface area contributed by atoms with Crippen LogP contribution < -0.4 is 32.7 Å². The Balaban J connectivity index is 3.78. The Bertz CT molecular complexity index is 379. The van der Waals surface area contributed by atoms with E-state index in [1.807, 2.05) is 10.6 Å². The Hall–Kier alpha value is -3.18. The van der Waals surface area contributed by atoms with Crippen molar-refractivity contribution in [3.8, 4) is 0 Å². The molecule has 12 heteroatoms. The van der Waals surface area contributed by atoms with Crippen molar-refractivity contribution in [2.24, 2.45) is 21.5 Å². The van der Waals surface area contributed by atoms with Crippen molar-refractivity contribution in [2.75, 3.05) is 6.67 Å². The Morgan fingerprint density at radius 1 is 0.842 bits per heavy atom. The highest BCUT2D eigenvalue weighted by Gasteiger charge is 1.98. The highest BCUT2D eigenvalue weighted by molar-refractivity contribution is 5.91. The van der Waals surface area contributed by atoms with Gasteiger partial charge in [0.05, 0.1) is 6.67 Å². The van der Waals surface area contributed by atoms with Gasteiger partial charge < -0.3 is 22.1 Å². The number of amides is 8. The van der Waals surface area contributed by atoms with E-state index >= 15 is 0 Å². The van der Waals surface area contributed by atoms with Crippen LogP contribution in [0, 0.1) is 0 Å². The number of rotatable bonds is 4. The summed E-state index contributed by atoms with van der Waals surface area (Å²) in [6, 6.07) is -3.40. The van der Waals surface area contributed by atoms with Gasteiger partial charge in [-0.2, -0.15) is 9.98 Å². The fourth-order valence-corrected chi connectivity index (χ4v) is 0.596. The van der Waals surface area contributed by atoms with Crippen LogP contribution in [0.1, 0.15) is 0 Å². The maximum atomic E-state index is 10.9. The minimum atomic E-state index is -0.874. The van der Waals surface area contributed by atoms with Crippen LogP contribution in [0.2, 0.25) is 0 Å². The molecule has 0 aliphatic heterocycles. The smallest absolute Gasteiger partial charge is 0.343 e. The number of primary amides is 2. The SMILES string of the molecule is NC(=O)NC=NC(=O)NCNC(=O)N=CNC(N)=O. The molecule has 0 unspecified atom stereocenters. The predicted octanol–water partition coefficient (Wildman–Crippen LogP) is -2.24. The Morgan fingerprint density at radius 3 is 1.53 bits per heavy atom. The third kappa shape index (κ3) is 11.1. The topological polar surface area (TPSA) is 193 Å². The van der Waals surface area contributed by atoms with Crippen molar-refractivity contribution in [3.05, 3.63) is 0 Å². The summed E-state index contributed by atoms with van der Waals surface area (Å²) < 4.78 is 0. The summed E-state index contributed by atoms with van der Waals surface area (Å²) in [5.41, 5.74) is 9.40. The molecule has 0 aromatic carbocycles. The predicted molar refractivity (Wildman–Crippen MR) is 64.4 cm³/mol. The summed E-state index contributed by atoms with van der Waals surface area (Å²) in [4.78, 5) is 48.7. The molecule has 0 radical (unpaired) electrons. The molecule has 0 aromatic heterocycles. The molecule has 104 valence electrons. The molecule has 0 aromatic rings.